The first-order valence-electron chi connectivity index (χ1n) is 11.6. The van der Waals surface area contributed by atoms with E-state index in [9.17, 15) is 23.9 Å². The number of benzene rings is 2. The van der Waals surface area contributed by atoms with Gasteiger partial charge in [0, 0.05) is 29.9 Å². The Kier molecular flexibility index (Phi) is 8.24. The standard InChI is InChI=1S/C27H31FN4O4/c1-17(26(35)36)15-23(25(34)30-27(2,3)16-18-5-11-21(28)12-6-18)29-24(33)20-9-7-19(8-10-20)22-13-14-32(4)31-22/h5-14,17,23H,15-16H2,1-4H3,(H,29,33)(H,30,34)(H,35,36)/t17?,23-/m0/s1. The third kappa shape index (κ3) is 7.24. The second-order valence-corrected chi connectivity index (χ2v) is 9.63. The number of aliphatic carboxylic acids is 1. The van der Waals surface area contributed by atoms with Gasteiger partial charge in [0.05, 0.1) is 11.6 Å². The van der Waals surface area contributed by atoms with Crippen molar-refractivity contribution in [3.05, 3.63) is 77.7 Å². The van der Waals surface area contributed by atoms with Crippen LogP contribution in [0.5, 0.6) is 0 Å². The molecule has 1 unspecified atom stereocenters. The summed E-state index contributed by atoms with van der Waals surface area (Å²) in [6.07, 6.45) is 2.16. The highest BCUT2D eigenvalue weighted by Crippen LogP contribution is 2.18. The van der Waals surface area contributed by atoms with Crippen LogP contribution < -0.4 is 10.6 Å². The minimum absolute atomic E-state index is 0.0778. The normalized spacial score (nSPS) is 13.0. The van der Waals surface area contributed by atoms with Gasteiger partial charge >= 0.3 is 5.97 Å². The molecule has 0 saturated carbocycles. The lowest BCUT2D eigenvalue weighted by molar-refractivity contribution is -0.141. The van der Waals surface area contributed by atoms with Crippen molar-refractivity contribution in [1.29, 1.82) is 0 Å². The van der Waals surface area contributed by atoms with Crippen LogP contribution in [0.1, 0.15) is 43.1 Å². The quantitative estimate of drug-likeness (QED) is 0.399. The van der Waals surface area contributed by atoms with E-state index in [1.54, 1.807) is 41.1 Å². The van der Waals surface area contributed by atoms with E-state index in [1.807, 2.05) is 33.2 Å². The summed E-state index contributed by atoms with van der Waals surface area (Å²) >= 11 is 0. The largest absolute Gasteiger partial charge is 0.481 e. The van der Waals surface area contributed by atoms with Crippen LogP contribution in [0.3, 0.4) is 0 Å². The predicted molar refractivity (Wildman–Crippen MR) is 134 cm³/mol. The molecule has 0 aliphatic rings. The number of carboxylic acids is 1. The summed E-state index contributed by atoms with van der Waals surface area (Å²) in [5, 5.41) is 19.3. The fourth-order valence-electron chi connectivity index (χ4n) is 3.87. The van der Waals surface area contributed by atoms with E-state index in [0.29, 0.717) is 12.0 Å². The van der Waals surface area contributed by atoms with Gasteiger partial charge in [0.15, 0.2) is 0 Å². The molecule has 3 N–H and O–H groups in total. The Morgan fingerprint density at radius 1 is 1.06 bits per heavy atom. The third-order valence-electron chi connectivity index (χ3n) is 5.81. The van der Waals surface area contributed by atoms with E-state index in [0.717, 1.165) is 16.8 Å². The van der Waals surface area contributed by atoms with Gasteiger partial charge in [0.1, 0.15) is 11.9 Å². The van der Waals surface area contributed by atoms with Crippen molar-refractivity contribution in [2.75, 3.05) is 0 Å². The molecular weight excluding hydrogens is 463 g/mol. The first-order chi connectivity index (χ1) is 16.9. The summed E-state index contributed by atoms with van der Waals surface area (Å²) in [7, 11) is 1.82. The molecule has 8 nitrogen and oxygen atoms in total. The summed E-state index contributed by atoms with van der Waals surface area (Å²) in [5.41, 5.74) is 2.04. The van der Waals surface area contributed by atoms with Gasteiger partial charge in [-0.1, -0.05) is 31.2 Å². The molecule has 3 aromatic rings. The van der Waals surface area contributed by atoms with Crippen LogP contribution in [0, 0.1) is 11.7 Å². The number of rotatable bonds is 10. The maximum Gasteiger partial charge on any atom is 0.306 e. The van der Waals surface area contributed by atoms with Crippen LogP contribution in [0.4, 0.5) is 4.39 Å². The molecule has 1 heterocycles. The molecule has 0 saturated heterocycles. The molecule has 36 heavy (non-hydrogen) atoms. The second kappa shape index (κ2) is 11.2. The number of carbonyl (C=O) groups excluding carboxylic acids is 2. The number of aromatic nitrogens is 2. The van der Waals surface area contributed by atoms with Crippen LogP contribution in [-0.4, -0.2) is 44.3 Å². The smallest absolute Gasteiger partial charge is 0.306 e. The molecule has 190 valence electrons. The van der Waals surface area contributed by atoms with Crippen LogP contribution in [0.25, 0.3) is 11.3 Å². The van der Waals surface area contributed by atoms with Gasteiger partial charge in [-0.05, 0) is 62.6 Å². The molecule has 0 fully saturated rings. The summed E-state index contributed by atoms with van der Waals surface area (Å²) < 4.78 is 14.9. The van der Waals surface area contributed by atoms with Crippen LogP contribution in [0.2, 0.25) is 0 Å². The fourth-order valence-corrected chi connectivity index (χ4v) is 3.87. The monoisotopic (exact) mass is 494 g/mol. The number of nitrogens with one attached hydrogen (secondary N) is 2. The minimum Gasteiger partial charge on any atom is -0.481 e. The number of nitrogens with zero attached hydrogens (tertiary/aromatic N) is 2. The van der Waals surface area contributed by atoms with Gasteiger partial charge in [-0.25, -0.2) is 4.39 Å². The number of halogens is 1. The third-order valence-corrected chi connectivity index (χ3v) is 5.81. The first-order valence-corrected chi connectivity index (χ1v) is 11.6. The topological polar surface area (TPSA) is 113 Å². The van der Waals surface area contributed by atoms with E-state index < -0.39 is 35.3 Å². The molecule has 2 amide bonds. The summed E-state index contributed by atoms with van der Waals surface area (Å²) in [6, 6.07) is 13.6. The summed E-state index contributed by atoms with van der Waals surface area (Å²) in [6.45, 7) is 5.11. The zero-order chi connectivity index (χ0) is 26.5. The van der Waals surface area contributed by atoms with Gasteiger partial charge in [-0.3, -0.25) is 19.1 Å². The van der Waals surface area contributed by atoms with E-state index in [1.165, 1.54) is 19.1 Å². The van der Waals surface area contributed by atoms with E-state index in [-0.39, 0.29) is 12.2 Å². The van der Waals surface area contributed by atoms with E-state index >= 15 is 0 Å². The Labute approximate surface area is 209 Å². The first kappa shape index (κ1) is 26.6. The average molecular weight is 495 g/mol. The number of carboxylic acid groups (broad SMARTS) is 1. The Bertz CT molecular complexity index is 1220. The van der Waals surface area contributed by atoms with Crippen LogP contribution in [-0.2, 0) is 23.1 Å². The van der Waals surface area contributed by atoms with Gasteiger partial charge < -0.3 is 15.7 Å². The maximum absolute atomic E-state index is 13.2. The van der Waals surface area contributed by atoms with Crippen molar-refractivity contribution < 1.29 is 23.9 Å². The van der Waals surface area contributed by atoms with Gasteiger partial charge in [0.2, 0.25) is 5.91 Å². The molecule has 1 aromatic heterocycles. The molecule has 0 aliphatic carbocycles. The zero-order valence-corrected chi connectivity index (χ0v) is 20.8. The number of carbonyl (C=O) groups is 3. The molecule has 0 bridgehead atoms. The van der Waals surface area contributed by atoms with E-state index in [2.05, 4.69) is 15.7 Å². The molecule has 0 aliphatic heterocycles. The lowest BCUT2D eigenvalue weighted by atomic mass is 9.93. The highest BCUT2D eigenvalue weighted by Gasteiger charge is 2.30. The Balaban J connectivity index is 1.72. The van der Waals surface area contributed by atoms with Crippen molar-refractivity contribution in [1.82, 2.24) is 20.4 Å². The minimum atomic E-state index is -1.06. The highest BCUT2D eigenvalue weighted by atomic mass is 19.1. The lowest BCUT2D eigenvalue weighted by Crippen LogP contribution is -2.54. The number of aryl methyl sites for hydroxylation is 1. The Hall–Kier alpha value is -4.01. The van der Waals surface area contributed by atoms with Crippen molar-refractivity contribution in [3.8, 4) is 11.3 Å². The number of hydrogen-bond acceptors (Lipinski definition) is 4. The molecule has 3 rings (SSSR count). The molecular formula is C27H31FN4O4. The Morgan fingerprint density at radius 2 is 1.69 bits per heavy atom. The molecule has 0 radical (unpaired) electrons. The van der Waals surface area contributed by atoms with Gasteiger partial charge in [-0.2, -0.15) is 5.10 Å². The highest BCUT2D eigenvalue weighted by molar-refractivity contribution is 5.98. The predicted octanol–water partition coefficient (Wildman–Crippen LogP) is 3.57. The average Bonchev–Trinajstić information content (AvgIpc) is 3.25. The molecule has 0 spiro atoms. The van der Waals surface area contributed by atoms with Crippen molar-refractivity contribution >= 4 is 17.8 Å². The lowest BCUT2D eigenvalue weighted by Gasteiger charge is -2.30. The van der Waals surface area contributed by atoms with Crippen LogP contribution in [0.15, 0.2) is 60.8 Å². The number of hydrogen-bond donors (Lipinski definition) is 3. The Morgan fingerprint density at radius 3 is 2.25 bits per heavy atom. The summed E-state index contributed by atoms with van der Waals surface area (Å²) in [5.74, 6) is -3.25. The maximum atomic E-state index is 13.2. The fraction of sp³-hybridized carbons (Fsp3) is 0.333. The van der Waals surface area contributed by atoms with E-state index in [4.69, 9.17) is 0 Å². The van der Waals surface area contributed by atoms with Crippen molar-refractivity contribution in [2.45, 2.75) is 45.2 Å². The van der Waals surface area contributed by atoms with Crippen molar-refractivity contribution in [3.63, 3.8) is 0 Å². The molecule has 2 aromatic carbocycles. The van der Waals surface area contributed by atoms with Crippen molar-refractivity contribution in [2.24, 2.45) is 13.0 Å². The molecule has 2 atom stereocenters. The van der Waals surface area contributed by atoms with Crippen LogP contribution >= 0.6 is 0 Å². The van der Waals surface area contributed by atoms with Gasteiger partial charge in [0.25, 0.3) is 5.91 Å². The van der Waals surface area contributed by atoms with Gasteiger partial charge in [-0.15, -0.1) is 0 Å². The second-order valence-electron chi connectivity index (χ2n) is 9.63. The SMILES string of the molecule is CC(C[C@H](NC(=O)c1ccc(-c2ccn(C)n2)cc1)C(=O)NC(C)(C)Cc1ccc(F)cc1)C(=O)O. The molecule has 9 heteroatoms. The number of amides is 2. The summed E-state index contributed by atoms with van der Waals surface area (Å²) in [4.78, 5) is 37.6. The zero-order valence-electron chi connectivity index (χ0n) is 20.8.